The number of hydrogen-bond acceptors (Lipinski definition) is 9. The van der Waals surface area contributed by atoms with Crippen molar-refractivity contribution in [2.24, 2.45) is 10.7 Å². The number of ketones is 1. The van der Waals surface area contributed by atoms with E-state index in [0.29, 0.717) is 22.6 Å². The summed E-state index contributed by atoms with van der Waals surface area (Å²) in [4.78, 5) is 19.9. The van der Waals surface area contributed by atoms with E-state index >= 15 is 0 Å². The number of phenols is 1. The van der Waals surface area contributed by atoms with Gasteiger partial charge >= 0.3 is 0 Å². The number of fused-ring (bicyclic) bond motifs is 1. The van der Waals surface area contributed by atoms with E-state index in [9.17, 15) is 9.90 Å². The Morgan fingerprint density at radius 3 is 2.29 bits per heavy atom. The molecule has 0 atom stereocenters. The first-order chi connectivity index (χ1) is 16.4. The number of hydrogen-bond donors (Lipinski definition) is 4. The minimum atomic E-state index is -0.407. The molecule has 0 amide bonds. The molecule has 1 heterocycles. The van der Waals surface area contributed by atoms with Gasteiger partial charge < -0.3 is 39.5 Å². The van der Waals surface area contributed by atoms with Crippen molar-refractivity contribution in [3.05, 3.63) is 35.4 Å². The number of halogens is 1. The second-order valence-electron chi connectivity index (χ2n) is 6.83. The first-order valence-electron chi connectivity index (χ1n) is 9.97. The Hall–Kier alpha value is -3.99. The zero-order valence-corrected chi connectivity index (χ0v) is 19.8. The molecule has 0 unspecified atom stereocenters. The second kappa shape index (κ2) is 10.8. The van der Waals surface area contributed by atoms with E-state index < -0.39 is 5.78 Å². The lowest BCUT2D eigenvalue weighted by Gasteiger charge is -2.14. The number of nitrogens with two attached hydrogens (primary N) is 1. The molecule has 12 heteroatoms. The van der Waals surface area contributed by atoms with Gasteiger partial charge in [-0.1, -0.05) is 0 Å². The minimum absolute atomic E-state index is 0.0455. The topological polar surface area (TPSA) is 150 Å². The van der Waals surface area contributed by atoms with Crippen molar-refractivity contribution < 1.29 is 33.3 Å². The maximum atomic E-state index is 13.7. The van der Waals surface area contributed by atoms with E-state index in [1.165, 1.54) is 40.6 Å². The van der Waals surface area contributed by atoms with Crippen molar-refractivity contribution >= 4 is 40.4 Å². The van der Waals surface area contributed by atoms with Crippen LogP contribution in [-0.2, 0) is 0 Å². The molecule has 0 saturated heterocycles. The number of nitrogens with zero attached hydrogens (tertiary/aromatic N) is 1. The highest BCUT2D eigenvalue weighted by Crippen LogP contribution is 2.43. The maximum Gasteiger partial charge on any atom is 0.205 e. The molecule has 3 aromatic rings. The van der Waals surface area contributed by atoms with Crippen molar-refractivity contribution in [1.29, 1.82) is 0 Å². The zero-order chi connectivity index (χ0) is 24.8. The number of guanidine groups is 1. The summed E-state index contributed by atoms with van der Waals surface area (Å²) in [5.74, 6) is 0.712. The second-order valence-corrected chi connectivity index (χ2v) is 7.02. The highest BCUT2D eigenvalue weighted by atomic mass is 35.5. The molecule has 2 aromatic carbocycles. The SMILES string of the molecule is COc1cc(C(=O)c2c(NCCN=C(N)NCl)oc3c(O)c(OC)ccc23)cc(OC)c1OC. The molecule has 0 aliphatic rings. The standard InChI is InChI=1S/C22H25ClN4O7/c1-30-13-6-5-12-16(17(28)11-9-14(31-2)20(33-4)15(10-11)32-3)21(34-19(12)18(13)29)25-7-8-26-22(24)27-23/h5-6,9-10,25,29H,7-8H2,1-4H3,(H3,24,26,27). The van der Waals surface area contributed by atoms with Crippen LogP contribution in [0.3, 0.4) is 0 Å². The van der Waals surface area contributed by atoms with E-state index in [1.54, 1.807) is 12.1 Å². The van der Waals surface area contributed by atoms with Crippen molar-refractivity contribution in [2.45, 2.75) is 0 Å². The van der Waals surface area contributed by atoms with E-state index in [0.717, 1.165) is 0 Å². The Bertz CT molecular complexity index is 1200. The van der Waals surface area contributed by atoms with Gasteiger partial charge in [0.05, 0.1) is 40.5 Å². The number of phenolic OH excluding ortho intramolecular Hbond substituents is 1. The first kappa shape index (κ1) is 24.6. The number of aromatic hydroxyl groups is 1. The number of rotatable bonds is 10. The van der Waals surface area contributed by atoms with Crippen molar-refractivity contribution in [1.82, 2.24) is 4.84 Å². The average Bonchev–Trinajstić information content (AvgIpc) is 3.24. The van der Waals surface area contributed by atoms with E-state index in [2.05, 4.69) is 15.1 Å². The molecule has 0 saturated carbocycles. The third-order valence-electron chi connectivity index (χ3n) is 4.95. The van der Waals surface area contributed by atoms with Gasteiger partial charge in [0.1, 0.15) is 0 Å². The van der Waals surface area contributed by atoms with E-state index in [-0.39, 0.29) is 53.1 Å². The summed E-state index contributed by atoms with van der Waals surface area (Å²) in [7, 11) is 5.80. The van der Waals surface area contributed by atoms with E-state index in [1.807, 2.05) is 0 Å². The summed E-state index contributed by atoms with van der Waals surface area (Å²) in [6.07, 6.45) is 0. The number of ether oxygens (including phenoxy) is 4. The van der Waals surface area contributed by atoms with Gasteiger partial charge in [-0.2, -0.15) is 0 Å². The Morgan fingerprint density at radius 2 is 1.74 bits per heavy atom. The van der Waals surface area contributed by atoms with Crippen LogP contribution in [0.2, 0.25) is 0 Å². The summed E-state index contributed by atoms with van der Waals surface area (Å²) in [5, 5.41) is 14.0. The Kier molecular flexibility index (Phi) is 7.79. The molecule has 0 spiro atoms. The first-order valence-corrected chi connectivity index (χ1v) is 10.3. The molecule has 11 nitrogen and oxygen atoms in total. The molecule has 0 aliphatic heterocycles. The number of carbonyl (C=O) groups is 1. The number of furan rings is 1. The van der Waals surface area contributed by atoms with Gasteiger partial charge in [0.25, 0.3) is 0 Å². The summed E-state index contributed by atoms with van der Waals surface area (Å²) < 4.78 is 27.1. The Labute approximate surface area is 200 Å². The third-order valence-corrected chi connectivity index (χ3v) is 5.14. The van der Waals surface area contributed by atoms with Crippen LogP contribution < -0.4 is 34.8 Å². The van der Waals surface area contributed by atoms with Crippen LogP contribution in [0.15, 0.2) is 33.7 Å². The molecule has 0 fully saturated rings. The molecule has 5 N–H and O–H groups in total. The molecule has 0 aliphatic carbocycles. The largest absolute Gasteiger partial charge is 0.502 e. The van der Waals surface area contributed by atoms with Gasteiger partial charge in [-0.3, -0.25) is 14.6 Å². The van der Waals surface area contributed by atoms with Gasteiger partial charge in [-0.15, -0.1) is 0 Å². The number of nitrogens with one attached hydrogen (secondary N) is 2. The zero-order valence-electron chi connectivity index (χ0n) is 19.0. The van der Waals surface area contributed by atoms with Crippen LogP contribution in [0, 0.1) is 0 Å². The van der Waals surface area contributed by atoms with Gasteiger partial charge in [0.15, 0.2) is 28.6 Å². The Morgan fingerprint density at radius 1 is 1.09 bits per heavy atom. The number of anilines is 1. The summed E-state index contributed by atoms with van der Waals surface area (Å²) >= 11 is 5.39. The highest BCUT2D eigenvalue weighted by molar-refractivity contribution is 6.21. The number of carbonyl (C=O) groups excluding carboxylic acids is 1. The third kappa shape index (κ3) is 4.69. The van der Waals surface area contributed by atoms with Crippen LogP contribution in [0.25, 0.3) is 11.0 Å². The fourth-order valence-electron chi connectivity index (χ4n) is 3.38. The lowest BCUT2D eigenvalue weighted by Crippen LogP contribution is -2.24. The molecule has 0 bridgehead atoms. The van der Waals surface area contributed by atoms with Gasteiger partial charge in [0, 0.05) is 29.3 Å². The highest BCUT2D eigenvalue weighted by Gasteiger charge is 2.27. The molecular formula is C22H25ClN4O7. The smallest absolute Gasteiger partial charge is 0.205 e. The molecule has 182 valence electrons. The fourth-order valence-corrected chi connectivity index (χ4v) is 3.44. The molecule has 0 radical (unpaired) electrons. The van der Waals surface area contributed by atoms with Crippen molar-refractivity contribution in [3.63, 3.8) is 0 Å². The van der Waals surface area contributed by atoms with Crippen LogP contribution in [0.5, 0.6) is 28.7 Å². The van der Waals surface area contributed by atoms with Gasteiger partial charge in [0.2, 0.25) is 23.3 Å². The van der Waals surface area contributed by atoms with Gasteiger partial charge in [-0.05, 0) is 24.3 Å². The van der Waals surface area contributed by atoms with Crippen LogP contribution >= 0.6 is 11.8 Å². The predicted octanol–water partition coefficient (Wildman–Crippen LogP) is 2.87. The summed E-state index contributed by atoms with van der Waals surface area (Å²) in [6.45, 7) is 0.488. The van der Waals surface area contributed by atoms with E-state index in [4.69, 9.17) is 40.9 Å². The van der Waals surface area contributed by atoms with Crippen molar-refractivity contribution in [2.75, 3.05) is 46.8 Å². The van der Waals surface area contributed by atoms with Crippen LogP contribution in [0.4, 0.5) is 5.88 Å². The van der Waals surface area contributed by atoms with Crippen LogP contribution in [-0.4, -0.2) is 58.4 Å². The number of methoxy groups -OCH3 is 4. The monoisotopic (exact) mass is 492 g/mol. The normalized spacial score (nSPS) is 11.3. The molecule has 3 rings (SSSR count). The van der Waals surface area contributed by atoms with Crippen LogP contribution in [0.1, 0.15) is 15.9 Å². The lowest BCUT2D eigenvalue weighted by atomic mass is 10.0. The quantitative estimate of drug-likeness (QED) is 0.109. The maximum absolute atomic E-state index is 13.7. The predicted molar refractivity (Wildman–Crippen MR) is 128 cm³/mol. The summed E-state index contributed by atoms with van der Waals surface area (Å²) in [6, 6.07) is 6.24. The van der Waals surface area contributed by atoms with Crippen molar-refractivity contribution in [3.8, 4) is 28.7 Å². The fraction of sp³-hybridized carbons (Fsp3) is 0.273. The number of benzene rings is 2. The molecule has 1 aromatic heterocycles. The van der Waals surface area contributed by atoms with Gasteiger partial charge in [-0.25, -0.2) is 0 Å². The average molecular weight is 493 g/mol. The molecule has 34 heavy (non-hydrogen) atoms. The Balaban J connectivity index is 2.12. The minimum Gasteiger partial charge on any atom is -0.502 e. The lowest BCUT2D eigenvalue weighted by molar-refractivity contribution is 0.103. The summed E-state index contributed by atoms with van der Waals surface area (Å²) in [5.41, 5.74) is 6.05. The number of aliphatic imine (C=N–C) groups is 1. The molecular weight excluding hydrogens is 468 g/mol.